The predicted octanol–water partition coefficient (Wildman–Crippen LogP) is 5.79. The largest absolute Gasteiger partial charge is 0.490 e. The van der Waals surface area contributed by atoms with Crippen molar-refractivity contribution in [3.8, 4) is 0 Å². The quantitative estimate of drug-likeness (QED) is 0.486. The third kappa shape index (κ3) is 6.41. The van der Waals surface area contributed by atoms with Gasteiger partial charge in [-0.25, -0.2) is 9.18 Å². The number of aryl methyl sites for hydroxylation is 1. The molecule has 1 heterocycles. The lowest BCUT2D eigenvalue weighted by Crippen LogP contribution is -2.25. The van der Waals surface area contributed by atoms with Gasteiger partial charge in [0, 0.05) is 6.42 Å². The smallest absolute Gasteiger partial charge is 0.475 e. The van der Waals surface area contributed by atoms with E-state index in [0.29, 0.717) is 12.0 Å². The molecule has 0 unspecified atom stereocenters. The Balaban J connectivity index is 0.000000383. The van der Waals surface area contributed by atoms with Crippen LogP contribution in [0.5, 0.6) is 0 Å². The Labute approximate surface area is 188 Å². The first kappa shape index (κ1) is 24.0. The lowest BCUT2D eigenvalue weighted by atomic mass is 9.95. The van der Waals surface area contributed by atoms with Crippen LogP contribution in [0.3, 0.4) is 0 Å². The van der Waals surface area contributed by atoms with Crippen molar-refractivity contribution in [2.24, 2.45) is 4.99 Å². The van der Waals surface area contributed by atoms with Crippen LogP contribution in [-0.2, 0) is 11.2 Å². The van der Waals surface area contributed by atoms with Crippen LogP contribution in [0, 0.1) is 12.7 Å². The molecule has 0 aliphatic carbocycles. The summed E-state index contributed by atoms with van der Waals surface area (Å²) in [4.78, 5) is 13.8. The number of hydrogen-bond donors (Lipinski definition) is 2. The van der Waals surface area contributed by atoms with E-state index in [9.17, 15) is 17.6 Å². The molecule has 1 aliphatic rings. The van der Waals surface area contributed by atoms with Gasteiger partial charge in [-0.15, -0.1) is 0 Å². The SMILES string of the molecule is Cc1ccc(CC2=N[C@@H](c3ccccc3)[C@@H](c3ccccc3)N2)cc1F.O=C(O)C(F)(F)F. The first-order valence-electron chi connectivity index (χ1n) is 10.1. The zero-order valence-electron chi connectivity index (χ0n) is 17.7. The maximum Gasteiger partial charge on any atom is 0.490 e. The van der Waals surface area contributed by atoms with Gasteiger partial charge in [0.1, 0.15) is 17.7 Å². The summed E-state index contributed by atoms with van der Waals surface area (Å²) in [5.41, 5.74) is 3.98. The summed E-state index contributed by atoms with van der Waals surface area (Å²) in [7, 11) is 0. The molecular formula is C25H22F4N2O2. The average Bonchev–Trinajstić information content (AvgIpc) is 3.21. The maximum absolute atomic E-state index is 13.9. The number of halogens is 4. The van der Waals surface area contributed by atoms with Gasteiger partial charge in [-0.2, -0.15) is 13.2 Å². The molecule has 0 aromatic heterocycles. The van der Waals surface area contributed by atoms with E-state index in [1.165, 1.54) is 11.1 Å². The van der Waals surface area contributed by atoms with Gasteiger partial charge in [0.2, 0.25) is 0 Å². The third-order valence-electron chi connectivity index (χ3n) is 5.08. The lowest BCUT2D eigenvalue weighted by molar-refractivity contribution is -0.192. The first-order valence-corrected chi connectivity index (χ1v) is 10.1. The summed E-state index contributed by atoms with van der Waals surface area (Å²) < 4.78 is 45.6. The first-order chi connectivity index (χ1) is 15.6. The fraction of sp³-hybridized carbons (Fsp3) is 0.200. The third-order valence-corrected chi connectivity index (χ3v) is 5.08. The monoisotopic (exact) mass is 458 g/mol. The minimum atomic E-state index is -5.08. The number of nitrogens with zero attached hydrogens (tertiary/aromatic N) is 1. The van der Waals surface area contributed by atoms with Crippen molar-refractivity contribution in [2.75, 3.05) is 0 Å². The molecule has 0 radical (unpaired) electrons. The van der Waals surface area contributed by atoms with Crippen molar-refractivity contribution in [3.05, 3.63) is 107 Å². The van der Waals surface area contributed by atoms with Crippen molar-refractivity contribution in [1.82, 2.24) is 5.32 Å². The van der Waals surface area contributed by atoms with Crippen LogP contribution < -0.4 is 5.32 Å². The molecule has 4 nitrogen and oxygen atoms in total. The molecule has 0 spiro atoms. The lowest BCUT2D eigenvalue weighted by Gasteiger charge is -2.19. The zero-order valence-corrected chi connectivity index (χ0v) is 17.7. The molecule has 0 saturated heterocycles. The Bertz CT molecular complexity index is 1120. The number of carboxylic acid groups (broad SMARTS) is 1. The van der Waals surface area contributed by atoms with Gasteiger partial charge in [-0.1, -0.05) is 72.8 Å². The summed E-state index contributed by atoms with van der Waals surface area (Å²) >= 11 is 0. The fourth-order valence-corrected chi connectivity index (χ4v) is 3.42. The number of carboxylic acids is 1. The average molecular weight is 458 g/mol. The Kier molecular flexibility index (Phi) is 7.48. The molecule has 33 heavy (non-hydrogen) atoms. The molecule has 0 amide bonds. The highest BCUT2D eigenvalue weighted by Crippen LogP contribution is 2.36. The van der Waals surface area contributed by atoms with Crippen molar-refractivity contribution in [3.63, 3.8) is 0 Å². The molecule has 8 heteroatoms. The number of aliphatic imine (C=N–C) groups is 1. The molecule has 2 N–H and O–H groups in total. The number of aliphatic carboxylic acids is 1. The van der Waals surface area contributed by atoms with Crippen LogP contribution in [0.1, 0.15) is 34.3 Å². The van der Waals surface area contributed by atoms with Gasteiger partial charge in [-0.05, 0) is 35.2 Å². The van der Waals surface area contributed by atoms with Crippen LogP contribution in [0.25, 0.3) is 0 Å². The van der Waals surface area contributed by atoms with Crippen molar-refractivity contribution in [2.45, 2.75) is 31.6 Å². The Morgan fingerprint density at radius 3 is 2.03 bits per heavy atom. The van der Waals surface area contributed by atoms with Crippen LogP contribution in [0.15, 0.2) is 83.9 Å². The predicted molar refractivity (Wildman–Crippen MR) is 117 cm³/mol. The van der Waals surface area contributed by atoms with E-state index in [2.05, 4.69) is 29.6 Å². The summed E-state index contributed by atoms with van der Waals surface area (Å²) in [6, 6.07) is 26.2. The van der Waals surface area contributed by atoms with Gasteiger partial charge in [0.15, 0.2) is 0 Å². The maximum atomic E-state index is 13.9. The van der Waals surface area contributed by atoms with Gasteiger partial charge >= 0.3 is 12.1 Å². The Morgan fingerprint density at radius 2 is 1.52 bits per heavy atom. The van der Waals surface area contributed by atoms with Crippen LogP contribution in [-0.4, -0.2) is 23.1 Å². The Hall–Kier alpha value is -3.68. The standard InChI is InChI=1S/C23H21FN2.C2HF3O2/c1-16-12-13-17(14-20(16)24)15-21-25-22(18-8-4-2-5-9-18)23(26-21)19-10-6-3-7-11-19;3-2(4,5)1(6)7/h2-14,22-23H,15H2,1H3,(H,25,26);(H,6,7)/t22-,23+;. The minimum absolute atomic E-state index is 0.0175. The van der Waals surface area contributed by atoms with Gasteiger partial charge in [0.05, 0.1) is 6.04 Å². The number of carbonyl (C=O) groups is 1. The second-order valence-corrected chi connectivity index (χ2v) is 7.53. The van der Waals surface area contributed by atoms with Crippen LogP contribution in [0.4, 0.5) is 17.6 Å². The van der Waals surface area contributed by atoms with Crippen molar-refractivity contribution >= 4 is 11.8 Å². The zero-order chi connectivity index (χ0) is 24.0. The number of hydrogen-bond acceptors (Lipinski definition) is 3. The summed E-state index contributed by atoms with van der Waals surface area (Å²) in [5.74, 6) is -2.02. The summed E-state index contributed by atoms with van der Waals surface area (Å²) in [6.07, 6.45) is -4.48. The van der Waals surface area contributed by atoms with Gasteiger partial charge in [0.25, 0.3) is 0 Å². The second kappa shape index (κ2) is 10.3. The highest BCUT2D eigenvalue weighted by Gasteiger charge is 2.38. The molecule has 3 aromatic carbocycles. The van der Waals surface area contributed by atoms with E-state index in [4.69, 9.17) is 14.9 Å². The molecule has 172 valence electrons. The number of rotatable bonds is 4. The number of benzene rings is 3. The number of alkyl halides is 3. The van der Waals surface area contributed by atoms with E-state index >= 15 is 0 Å². The molecule has 3 aromatic rings. The summed E-state index contributed by atoms with van der Waals surface area (Å²) in [5, 5.41) is 10.7. The molecule has 0 saturated carbocycles. The van der Waals surface area contributed by atoms with Gasteiger partial charge < -0.3 is 10.4 Å². The highest BCUT2D eigenvalue weighted by atomic mass is 19.4. The molecule has 0 fully saturated rings. The highest BCUT2D eigenvalue weighted by molar-refractivity contribution is 5.87. The van der Waals surface area contributed by atoms with E-state index in [1.807, 2.05) is 48.5 Å². The normalized spacial score (nSPS) is 17.4. The van der Waals surface area contributed by atoms with Crippen LogP contribution in [0.2, 0.25) is 0 Å². The minimum Gasteiger partial charge on any atom is -0.475 e. The fourth-order valence-electron chi connectivity index (χ4n) is 3.42. The molecule has 1 aliphatic heterocycles. The molecular weight excluding hydrogens is 436 g/mol. The molecule has 0 bridgehead atoms. The van der Waals surface area contributed by atoms with E-state index in [1.54, 1.807) is 13.0 Å². The van der Waals surface area contributed by atoms with Crippen molar-refractivity contribution in [1.29, 1.82) is 0 Å². The second-order valence-electron chi connectivity index (χ2n) is 7.53. The number of nitrogens with one attached hydrogen (secondary N) is 1. The van der Waals surface area contributed by atoms with E-state index < -0.39 is 12.1 Å². The Morgan fingerprint density at radius 1 is 0.970 bits per heavy atom. The molecule has 2 atom stereocenters. The number of amidine groups is 1. The summed E-state index contributed by atoms with van der Waals surface area (Å²) in [6.45, 7) is 1.78. The van der Waals surface area contributed by atoms with Crippen LogP contribution >= 0.6 is 0 Å². The van der Waals surface area contributed by atoms with Gasteiger partial charge in [-0.3, -0.25) is 4.99 Å². The topological polar surface area (TPSA) is 61.7 Å². The van der Waals surface area contributed by atoms with E-state index in [0.717, 1.165) is 11.4 Å². The van der Waals surface area contributed by atoms with E-state index in [-0.39, 0.29) is 17.9 Å². The van der Waals surface area contributed by atoms with Crippen molar-refractivity contribution < 1.29 is 27.5 Å². The molecule has 4 rings (SSSR count).